The molecule has 1 aliphatic heterocycles. The number of rotatable bonds is 4. The zero-order valence-corrected chi connectivity index (χ0v) is 12.5. The van der Waals surface area contributed by atoms with Crippen molar-refractivity contribution in [2.75, 3.05) is 12.4 Å². The zero-order valence-electron chi connectivity index (χ0n) is 12.5. The Kier molecular flexibility index (Phi) is 4.23. The van der Waals surface area contributed by atoms with E-state index in [2.05, 4.69) is 10.5 Å². The van der Waals surface area contributed by atoms with Gasteiger partial charge in [-0.1, -0.05) is 23.4 Å². The van der Waals surface area contributed by atoms with Crippen molar-refractivity contribution in [3.05, 3.63) is 59.9 Å². The van der Waals surface area contributed by atoms with Crippen LogP contribution in [0, 0.1) is 5.82 Å². The Hall–Kier alpha value is -2.89. The molecule has 2 aromatic carbocycles. The Morgan fingerprint density at radius 3 is 2.91 bits per heavy atom. The Balaban J connectivity index is 1.64. The number of halogens is 1. The lowest BCUT2D eigenvalue weighted by atomic mass is 10.0. The lowest BCUT2D eigenvalue weighted by molar-refractivity contribution is -0.125. The molecule has 1 aliphatic rings. The van der Waals surface area contributed by atoms with Gasteiger partial charge in [-0.05, 0) is 24.3 Å². The van der Waals surface area contributed by atoms with E-state index in [4.69, 9.17) is 9.57 Å². The van der Waals surface area contributed by atoms with Gasteiger partial charge in [0.1, 0.15) is 11.6 Å². The Morgan fingerprint density at radius 1 is 1.30 bits per heavy atom. The summed E-state index contributed by atoms with van der Waals surface area (Å²) in [5, 5.41) is 6.64. The van der Waals surface area contributed by atoms with Gasteiger partial charge < -0.3 is 14.9 Å². The number of hydrogen-bond donors (Lipinski definition) is 1. The second-order valence-electron chi connectivity index (χ2n) is 5.07. The van der Waals surface area contributed by atoms with Gasteiger partial charge in [-0.2, -0.15) is 0 Å². The number of hydrogen-bond acceptors (Lipinski definition) is 4. The third kappa shape index (κ3) is 3.48. The average Bonchev–Trinajstić information content (AvgIpc) is 3.05. The topological polar surface area (TPSA) is 59.9 Å². The number of oxime groups is 1. The van der Waals surface area contributed by atoms with Crippen molar-refractivity contribution in [3.8, 4) is 5.75 Å². The molecule has 5 nitrogen and oxygen atoms in total. The Bertz CT molecular complexity index is 761. The maximum absolute atomic E-state index is 13.2. The molecule has 0 radical (unpaired) electrons. The molecule has 118 valence electrons. The first-order valence-electron chi connectivity index (χ1n) is 7.09. The molecule has 0 aromatic heterocycles. The van der Waals surface area contributed by atoms with Crippen LogP contribution < -0.4 is 10.1 Å². The van der Waals surface area contributed by atoms with Gasteiger partial charge in [-0.25, -0.2) is 4.39 Å². The molecule has 0 unspecified atom stereocenters. The van der Waals surface area contributed by atoms with Crippen LogP contribution in [0.15, 0.2) is 53.7 Å². The third-order valence-corrected chi connectivity index (χ3v) is 3.46. The highest BCUT2D eigenvalue weighted by Crippen LogP contribution is 2.21. The SMILES string of the molecule is COc1cccc(NC(=O)[C@@H]2CC(c3cccc(F)c3)=NO2)c1. The highest BCUT2D eigenvalue weighted by Gasteiger charge is 2.29. The summed E-state index contributed by atoms with van der Waals surface area (Å²) in [5.41, 5.74) is 1.77. The van der Waals surface area contributed by atoms with Gasteiger partial charge in [0.2, 0.25) is 6.10 Å². The number of nitrogens with zero attached hydrogens (tertiary/aromatic N) is 1. The highest BCUT2D eigenvalue weighted by molar-refractivity contribution is 6.06. The summed E-state index contributed by atoms with van der Waals surface area (Å²) in [7, 11) is 1.56. The van der Waals surface area contributed by atoms with Crippen LogP contribution in [-0.4, -0.2) is 24.8 Å². The third-order valence-electron chi connectivity index (χ3n) is 3.46. The monoisotopic (exact) mass is 314 g/mol. The van der Waals surface area contributed by atoms with Gasteiger partial charge in [0, 0.05) is 23.7 Å². The molecule has 6 heteroatoms. The van der Waals surface area contributed by atoms with Crippen molar-refractivity contribution in [3.63, 3.8) is 0 Å². The first-order valence-corrected chi connectivity index (χ1v) is 7.09. The van der Waals surface area contributed by atoms with Crippen molar-refractivity contribution in [2.24, 2.45) is 5.16 Å². The summed E-state index contributed by atoms with van der Waals surface area (Å²) in [6, 6.07) is 13.1. The van der Waals surface area contributed by atoms with E-state index in [-0.39, 0.29) is 11.7 Å². The fraction of sp³-hybridized carbons (Fsp3) is 0.176. The number of carbonyl (C=O) groups is 1. The minimum Gasteiger partial charge on any atom is -0.497 e. The van der Waals surface area contributed by atoms with Gasteiger partial charge >= 0.3 is 0 Å². The molecule has 0 spiro atoms. The molecule has 0 saturated carbocycles. The van der Waals surface area contributed by atoms with E-state index in [0.717, 1.165) is 0 Å². The molecule has 1 amide bonds. The maximum atomic E-state index is 13.2. The number of amides is 1. The minimum atomic E-state index is -0.737. The van der Waals surface area contributed by atoms with E-state index in [1.807, 2.05) is 0 Å². The summed E-state index contributed by atoms with van der Waals surface area (Å²) in [6.07, 6.45) is -0.446. The van der Waals surface area contributed by atoms with Crippen LogP contribution >= 0.6 is 0 Å². The summed E-state index contributed by atoms with van der Waals surface area (Å²) >= 11 is 0. The maximum Gasteiger partial charge on any atom is 0.268 e. The first-order chi connectivity index (χ1) is 11.2. The molecule has 0 aliphatic carbocycles. The molecule has 0 fully saturated rings. The standard InChI is InChI=1S/C17H15FN2O3/c1-22-14-7-3-6-13(9-14)19-17(21)16-10-15(20-23-16)11-4-2-5-12(18)8-11/h2-9,16H,10H2,1H3,(H,19,21)/t16-/m0/s1. The highest BCUT2D eigenvalue weighted by atomic mass is 19.1. The van der Waals surface area contributed by atoms with E-state index in [9.17, 15) is 9.18 Å². The zero-order chi connectivity index (χ0) is 16.2. The van der Waals surface area contributed by atoms with E-state index >= 15 is 0 Å². The molecule has 2 aromatic rings. The molecular weight excluding hydrogens is 299 g/mol. The van der Waals surface area contributed by atoms with Crippen LogP contribution in [0.1, 0.15) is 12.0 Å². The van der Waals surface area contributed by atoms with Gasteiger partial charge in [-0.3, -0.25) is 4.79 Å². The largest absolute Gasteiger partial charge is 0.497 e. The summed E-state index contributed by atoms with van der Waals surface area (Å²) in [6.45, 7) is 0. The quantitative estimate of drug-likeness (QED) is 0.944. The van der Waals surface area contributed by atoms with Crippen molar-refractivity contribution in [1.29, 1.82) is 0 Å². The van der Waals surface area contributed by atoms with Crippen LogP contribution in [0.4, 0.5) is 10.1 Å². The molecule has 1 heterocycles. The second-order valence-corrected chi connectivity index (χ2v) is 5.07. The van der Waals surface area contributed by atoms with Crippen LogP contribution in [0.25, 0.3) is 0 Å². The fourth-order valence-electron chi connectivity index (χ4n) is 2.28. The molecule has 3 rings (SSSR count). The lowest BCUT2D eigenvalue weighted by Crippen LogP contribution is -2.28. The number of nitrogens with one attached hydrogen (secondary N) is 1. The first kappa shape index (κ1) is 15.0. The van der Waals surface area contributed by atoms with Crippen molar-refractivity contribution in [2.45, 2.75) is 12.5 Å². The van der Waals surface area contributed by atoms with Crippen LogP contribution in [0.3, 0.4) is 0 Å². The van der Waals surface area contributed by atoms with Crippen LogP contribution in [-0.2, 0) is 9.63 Å². The molecule has 0 saturated heterocycles. The molecular formula is C17H15FN2O3. The minimum absolute atomic E-state index is 0.291. The fourth-order valence-corrected chi connectivity index (χ4v) is 2.28. The molecule has 23 heavy (non-hydrogen) atoms. The van der Waals surface area contributed by atoms with Crippen molar-refractivity contribution in [1.82, 2.24) is 0 Å². The van der Waals surface area contributed by atoms with Crippen LogP contribution in [0.5, 0.6) is 5.75 Å². The van der Waals surface area contributed by atoms with E-state index in [0.29, 0.717) is 29.1 Å². The smallest absolute Gasteiger partial charge is 0.268 e. The lowest BCUT2D eigenvalue weighted by Gasteiger charge is -2.10. The molecule has 0 bridgehead atoms. The number of ether oxygens (including phenoxy) is 1. The predicted octanol–water partition coefficient (Wildman–Crippen LogP) is 2.97. The average molecular weight is 314 g/mol. The summed E-state index contributed by atoms with van der Waals surface area (Å²) in [5.74, 6) is -0.0188. The Morgan fingerprint density at radius 2 is 2.13 bits per heavy atom. The predicted molar refractivity (Wildman–Crippen MR) is 84.1 cm³/mol. The van der Waals surface area contributed by atoms with Gasteiger partial charge in [0.15, 0.2) is 0 Å². The van der Waals surface area contributed by atoms with Gasteiger partial charge in [0.25, 0.3) is 5.91 Å². The second kappa shape index (κ2) is 6.48. The van der Waals surface area contributed by atoms with Gasteiger partial charge in [0.05, 0.1) is 12.8 Å². The number of benzene rings is 2. The normalized spacial score (nSPS) is 16.4. The molecule has 1 N–H and O–H groups in total. The molecule has 1 atom stereocenters. The Labute approximate surface area is 132 Å². The van der Waals surface area contributed by atoms with Crippen molar-refractivity contribution < 1.29 is 18.8 Å². The summed E-state index contributed by atoms with van der Waals surface area (Å²) < 4.78 is 18.4. The van der Waals surface area contributed by atoms with Gasteiger partial charge in [-0.15, -0.1) is 0 Å². The summed E-state index contributed by atoms with van der Waals surface area (Å²) in [4.78, 5) is 17.4. The number of methoxy groups -OCH3 is 1. The number of anilines is 1. The van der Waals surface area contributed by atoms with Crippen molar-refractivity contribution >= 4 is 17.3 Å². The van der Waals surface area contributed by atoms with E-state index in [1.165, 1.54) is 12.1 Å². The van der Waals surface area contributed by atoms with E-state index < -0.39 is 6.10 Å². The number of carbonyl (C=O) groups excluding carboxylic acids is 1. The van der Waals surface area contributed by atoms with E-state index in [1.54, 1.807) is 43.5 Å². The van der Waals surface area contributed by atoms with Crippen LogP contribution in [0.2, 0.25) is 0 Å².